The number of fused-ring (bicyclic) bond motifs is 1. The van der Waals surface area contributed by atoms with Gasteiger partial charge in [-0.3, -0.25) is 4.79 Å². The molecule has 1 aliphatic heterocycles. The number of rotatable bonds is 2. The van der Waals surface area contributed by atoms with E-state index in [1.54, 1.807) is 6.08 Å². The van der Waals surface area contributed by atoms with Gasteiger partial charge in [-0.1, -0.05) is 22.0 Å². The summed E-state index contributed by atoms with van der Waals surface area (Å²) in [5.41, 5.74) is 1.98. The third-order valence-electron chi connectivity index (χ3n) is 2.37. The summed E-state index contributed by atoms with van der Waals surface area (Å²) in [5, 5.41) is 2.85. The van der Waals surface area contributed by atoms with Crippen molar-refractivity contribution in [3.05, 3.63) is 40.9 Å². The number of allylic oxidation sites excluding steroid dienone is 1. The van der Waals surface area contributed by atoms with Gasteiger partial charge in [0.05, 0.1) is 5.92 Å². The molecule has 0 saturated heterocycles. The minimum Gasteiger partial charge on any atom is -0.325 e. The molecule has 1 N–H and O–H groups in total. The molecule has 2 nitrogen and oxygen atoms in total. The summed E-state index contributed by atoms with van der Waals surface area (Å²) in [6.45, 7) is 3.66. The van der Waals surface area contributed by atoms with Crippen LogP contribution in [0.5, 0.6) is 0 Å². The number of hydrogen-bond acceptors (Lipinski definition) is 1. The molecule has 1 amide bonds. The zero-order chi connectivity index (χ0) is 10.1. The number of halogens is 1. The highest BCUT2D eigenvalue weighted by molar-refractivity contribution is 9.10. The monoisotopic (exact) mass is 251 g/mol. The highest BCUT2D eigenvalue weighted by Crippen LogP contribution is 2.36. The minimum absolute atomic E-state index is 0.0676. The molecule has 0 spiro atoms. The summed E-state index contributed by atoms with van der Waals surface area (Å²) in [6, 6.07) is 5.83. The Kier molecular flexibility index (Phi) is 2.42. The highest BCUT2D eigenvalue weighted by Gasteiger charge is 2.29. The lowest BCUT2D eigenvalue weighted by Crippen LogP contribution is -2.10. The molecule has 1 atom stereocenters. The molecule has 1 aromatic rings. The van der Waals surface area contributed by atoms with Gasteiger partial charge in [0.2, 0.25) is 5.91 Å². The maximum atomic E-state index is 11.6. The van der Waals surface area contributed by atoms with Crippen LogP contribution in [-0.4, -0.2) is 5.91 Å². The number of amides is 1. The first kappa shape index (κ1) is 9.46. The molecule has 0 bridgehead atoms. The van der Waals surface area contributed by atoms with Crippen molar-refractivity contribution in [2.45, 2.75) is 12.3 Å². The third-order valence-corrected chi connectivity index (χ3v) is 2.86. The second-order valence-corrected chi connectivity index (χ2v) is 4.21. The Labute approximate surface area is 91.1 Å². The standard InChI is InChI=1S/C11H10BrNO/c1-2-3-8-9-6-7(12)4-5-10(9)13-11(8)14/h2,4-6,8H,1,3H2,(H,13,14). The quantitative estimate of drug-likeness (QED) is 0.805. The number of nitrogens with one attached hydrogen (secondary N) is 1. The maximum absolute atomic E-state index is 11.6. The number of carbonyl (C=O) groups is 1. The number of anilines is 1. The summed E-state index contributed by atoms with van der Waals surface area (Å²) in [4.78, 5) is 11.6. The second kappa shape index (κ2) is 3.58. The lowest BCUT2D eigenvalue weighted by Gasteiger charge is -2.04. The Morgan fingerprint density at radius 2 is 2.36 bits per heavy atom. The van der Waals surface area contributed by atoms with Gasteiger partial charge >= 0.3 is 0 Å². The predicted octanol–water partition coefficient (Wildman–Crippen LogP) is 3.06. The molecule has 1 aromatic carbocycles. The number of carbonyl (C=O) groups excluding carboxylic acids is 1. The van der Waals surface area contributed by atoms with Crippen molar-refractivity contribution in [1.82, 2.24) is 0 Å². The molecule has 0 fully saturated rings. The largest absolute Gasteiger partial charge is 0.325 e. The molecular formula is C11H10BrNO. The van der Waals surface area contributed by atoms with Crippen LogP contribution in [0.3, 0.4) is 0 Å². The van der Waals surface area contributed by atoms with Gasteiger partial charge in [-0.2, -0.15) is 0 Å². The van der Waals surface area contributed by atoms with Crippen molar-refractivity contribution in [2.24, 2.45) is 0 Å². The van der Waals surface area contributed by atoms with Crippen molar-refractivity contribution in [3.63, 3.8) is 0 Å². The van der Waals surface area contributed by atoms with Crippen LogP contribution in [0.4, 0.5) is 5.69 Å². The molecule has 1 heterocycles. The van der Waals surface area contributed by atoms with E-state index in [1.165, 1.54) is 0 Å². The molecular weight excluding hydrogens is 242 g/mol. The topological polar surface area (TPSA) is 29.1 Å². The molecule has 1 unspecified atom stereocenters. The van der Waals surface area contributed by atoms with Crippen LogP contribution < -0.4 is 5.32 Å². The Balaban J connectivity index is 2.44. The molecule has 1 aliphatic rings. The fourth-order valence-corrected chi connectivity index (χ4v) is 2.08. The molecule has 0 aromatic heterocycles. The van der Waals surface area contributed by atoms with Crippen molar-refractivity contribution >= 4 is 27.5 Å². The first-order valence-electron chi connectivity index (χ1n) is 4.43. The maximum Gasteiger partial charge on any atom is 0.232 e. The first-order chi connectivity index (χ1) is 6.72. The normalized spacial score (nSPS) is 18.9. The summed E-state index contributed by atoms with van der Waals surface area (Å²) in [5.74, 6) is -0.00185. The van der Waals surface area contributed by atoms with Crippen LogP contribution in [0, 0.1) is 0 Å². The van der Waals surface area contributed by atoms with Gasteiger partial charge in [-0.25, -0.2) is 0 Å². The molecule has 0 radical (unpaired) electrons. The Morgan fingerprint density at radius 1 is 1.57 bits per heavy atom. The SMILES string of the molecule is C=CCC1C(=O)Nc2ccc(Br)cc21. The van der Waals surface area contributed by atoms with Crippen LogP contribution in [0.25, 0.3) is 0 Å². The predicted molar refractivity (Wildman–Crippen MR) is 60.3 cm³/mol. The molecule has 0 saturated carbocycles. The minimum atomic E-state index is -0.0694. The highest BCUT2D eigenvalue weighted by atomic mass is 79.9. The molecule has 2 rings (SSSR count). The van der Waals surface area contributed by atoms with E-state index in [4.69, 9.17) is 0 Å². The van der Waals surface area contributed by atoms with Gasteiger partial charge in [-0.05, 0) is 30.2 Å². The van der Waals surface area contributed by atoms with E-state index >= 15 is 0 Å². The summed E-state index contributed by atoms with van der Waals surface area (Å²) >= 11 is 3.40. The zero-order valence-corrected chi connectivity index (χ0v) is 9.17. The first-order valence-corrected chi connectivity index (χ1v) is 5.23. The molecule has 3 heteroatoms. The van der Waals surface area contributed by atoms with Crippen molar-refractivity contribution < 1.29 is 4.79 Å². The van der Waals surface area contributed by atoms with Gasteiger partial charge in [0.15, 0.2) is 0 Å². The van der Waals surface area contributed by atoms with Crippen LogP contribution in [0.1, 0.15) is 17.9 Å². The van der Waals surface area contributed by atoms with Gasteiger partial charge in [0.25, 0.3) is 0 Å². The Bertz CT molecular complexity index is 400. The summed E-state index contributed by atoms with van der Waals surface area (Å²) in [6.07, 6.45) is 2.47. The van der Waals surface area contributed by atoms with E-state index in [-0.39, 0.29) is 11.8 Å². The fourth-order valence-electron chi connectivity index (χ4n) is 1.70. The summed E-state index contributed by atoms with van der Waals surface area (Å²) < 4.78 is 1.00. The van der Waals surface area contributed by atoms with Crippen LogP contribution >= 0.6 is 15.9 Å². The van der Waals surface area contributed by atoms with Crippen LogP contribution in [0.15, 0.2) is 35.3 Å². The number of benzene rings is 1. The zero-order valence-electron chi connectivity index (χ0n) is 7.59. The molecule has 72 valence electrons. The third kappa shape index (κ3) is 1.48. The second-order valence-electron chi connectivity index (χ2n) is 3.30. The van der Waals surface area contributed by atoms with E-state index in [0.29, 0.717) is 6.42 Å². The summed E-state index contributed by atoms with van der Waals surface area (Å²) in [7, 11) is 0. The van der Waals surface area contributed by atoms with Crippen LogP contribution in [0.2, 0.25) is 0 Å². The van der Waals surface area contributed by atoms with Crippen molar-refractivity contribution in [2.75, 3.05) is 5.32 Å². The van der Waals surface area contributed by atoms with E-state index in [1.807, 2.05) is 18.2 Å². The lowest BCUT2D eigenvalue weighted by molar-refractivity contribution is -0.116. The Hall–Kier alpha value is -1.09. The van der Waals surface area contributed by atoms with E-state index in [2.05, 4.69) is 27.8 Å². The van der Waals surface area contributed by atoms with E-state index in [0.717, 1.165) is 15.7 Å². The number of hydrogen-bond donors (Lipinski definition) is 1. The van der Waals surface area contributed by atoms with E-state index < -0.39 is 0 Å². The average Bonchev–Trinajstić information content (AvgIpc) is 2.45. The molecule has 0 aliphatic carbocycles. The Morgan fingerprint density at radius 3 is 3.07 bits per heavy atom. The van der Waals surface area contributed by atoms with Gasteiger partial charge < -0.3 is 5.32 Å². The van der Waals surface area contributed by atoms with Gasteiger partial charge in [-0.15, -0.1) is 6.58 Å². The van der Waals surface area contributed by atoms with E-state index in [9.17, 15) is 4.79 Å². The lowest BCUT2D eigenvalue weighted by atomic mass is 9.97. The van der Waals surface area contributed by atoms with Gasteiger partial charge in [0, 0.05) is 10.2 Å². The van der Waals surface area contributed by atoms with Crippen molar-refractivity contribution in [3.8, 4) is 0 Å². The average molecular weight is 252 g/mol. The van der Waals surface area contributed by atoms with Gasteiger partial charge in [0.1, 0.15) is 0 Å². The smallest absolute Gasteiger partial charge is 0.232 e. The van der Waals surface area contributed by atoms with Crippen LogP contribution in [-0.2, 0) is 4.79 Å². The fraction of sp³-hybridized carbons (Fsp3) is 0.182. The molecule has 14 heavy (non-hydrogen) atoms. The van der Waals surface area contributed by atoms with Crippen molar-refractivity contribution in [1.29, 1.82) is 0 Å².